The zero-order valence-corrected chi connectivity index (χ0v) is 12.3. The minimum atomic E-state index is 0.824. The van der Waals surface area contributed by atoms with Crippen molar-refractivity contribution in [3.05, 3.63) is 18.0 Å². The fraction of sp³-hybridized carbons (Fsp3) is 0.812. The van der Waals surface area contributed by atoms with Crippen molar-refractivity contribution < 1.29 is 0 Å². The number of nitrogens with one attached hydrogen (secondary N) is 1. The van der Waals surface area contributed by atoms with Gasteiger partial charge < -0.3 is 5.32 Å². The molecule has 2 saturated carbocycles. The van der Waals surface area contributed by atoms with E-state index in [0.29, 0.717) is 0 Å². The summed E-state index contributed by atoms with van der Waals surface area (Å²) >= 11 is 0. The molecular weight excluding hydrogens is 234 g/mol. The molecule has 0 radical (unpaired) electrons. The fourth-order valence-corrected chi connectivity index (χ4v) is 3.53. The number of hydrogen-bond donors (Lipinski definition) is 1. The van der Waals surface area contributed by atoms with Gasteiger partial charge >= 0.3 is 0 Å². The molecule has 0 spiro atoms. The maximum Gasteiger partial charge on any atom is 0.0627 e. The summed E-state index contributed by atoms with van der Waals surface area (Å²) in [4.78, 5) is 0. The summed E-state index contributed by atoms with van der Waals surface area (Å²) in [7, 11) is 2.01. The molecule has 3 unspecified atom stereocenters. The zero-order valence-electron chi connectivity index (χ0n) is 12.3. The van der Waals surface area contributed by atoms with E-state index in [9.17, 15) is 0 Å². The van der Waals surface area contributed by atoms with Gasteiger partial charge in [0.1, 0.15) is 0 Å². The van der Waals surface area contributed by atoms with Crippen LogP contribution in [0.5, 0.6) is 0 Å². The van der Waals surface area contributed by atoms with Gasteiger partial charge in [-0.1, -0.05) is 13.3 Å². The Morgan fingerprint density at radius 3 is 2.79 bits per heavy atom. The average Bonchev–Trinajstić information content (AvgIpc) is 3.12. The van der Waals surface area contributed by atoms with E-state index in [-0.39, 0.29) is 0 Å². The lowest BCUT2D eigenvalue weighted by atomic mass is 9.72. The molecule has 3 rings (SSSR count). The second-order valence-electron chi connectivity index (χ2n) is 6.81. The molecule has 1 aromatic heterocycles. The highest BCUT2D eigenvalue weighted by molar-refractivity contribution is 5.01. The predicted molar refractivity (Wildman–Crippen MR) is 77.9 cm³/mol. The third-order valence-corrected chi connectivity index (χ3v) is 4.89. The van der Waals surface area contributed by atoms with Crippen LogP contribution >= 0.6 is 0 Å². The van der Waals surface area contributed by atoms with Crippen molar-refractivity contribution in [1.82, 2.24) is 15.1 Å². The van der Waals surface area contributed by atoms with E-state index in [2.05, 4.69) is 29.6 Å². The first-order valence-electron chi connectivity index (χ1n) is 7.92. The topological polar surface area (TPSA) is 29.9 Å². The molecule has 0 amide bonds. The van der Waals surface area contributed by atoms with Crippen molar-refractivity contribution >= 4 is 0 Å². The van der Waals surface area contributed by atoms with Crippen molar-refractivity contribution in [2.45, 2.75) is 51.5 Å². The number of nitrogens with zero attached hydrogens (tertiary/aromatic N) is 2. The van der Waals surface area contributed by atoms with E-state index in [1.165, 1.54) is 50.8 Å². The highest BCUT2D eigenvalue weighted by atomic mass is 15.2. The molecular formula is C16H27N3. The Morgan fingerprint density at radius 1 is 1.26 bits per heavy atom. The molecule has 1 N–H and O–H groups in total. The number of aryl methyl sites for hydroxylation is 1. The monoisotopic (exact) mass is 261 g/mol. The highest BCUT2D eigenvalue weighted by Crippen LogP contribution is 2.35. The van der Waals surface area contributed by atoms with Crippen LogP contribution in [0.3, 0.4) is 0 Å². The Morgan fingerprint density at radius 2 is 2.11 bits per heavy atom. The molecule has 106 valence electrons. The van der Waals surface area contributed by atoms with Gasteiger partial charge in [0.05, 0.1) is 5.69 Å². The molecule has 19 heavy (non-hydrogen) atoms. The summed E-state index contributed by atoms with van der Waals surface area (Å²) in [5.41, 5.74) is 1.28. The maximum atomic E-state index is 4.57. The summed E-state index contributed by atoms with van der Waals surface area (Å²) < 4.78 is 1.93. The Balaban J connectivity index is 1.59. The lowest BCUT2D eigenvalue weighted by molar-refractivity contribution is 0.182. The Bertz CT molecular complexity index is 408. The second-order valence-corrected chi connectivity index (χ2v) is 6.81. The first kappa shape index (κ1) is 13.2. The summed E-state index contributed by atoms with van der Waals surface area (Å²) in [5, 5.41) is 8.30. The van der Waals surface area contributed by atoms with Gasteiger partial charge in [0, 0.05) is 19.3 Å². The van der Waals surface area contributed by atoms with Crippen molar-refractivity contribution in [3.8, 4) is 0 Å². The number of hydrogen-bond acceptors (Lipinski definition) is 2. The van der Waals surface area contributed by atoms with Crippen LogP contribution in [-0.2, 0) is 13.5 Å². The molecule has 0 bridgehead atoms. The summed E-state index contributed by atoms with van der Waals surface area (Å²) in [6.45, 7) is 3.64. The molecule has 2 aliphatic rings. The molecule has 3 atom stereocenters. The molecule has 3 nitrogen and oxygen atoms in total. The van der Waals surface area contributed by atoms with E-state index in [0.717, 1.165) is 23.8 Å². The summed E-state index contributed by atoms with van der Waals surface area (Å²) in [5.74, 6) is 2.58. The molecule has 2 fully saturated rings. The Hall–Kier alpha value is -0.830. The lowest BCUT2D eigenvalue weighted by Crippen LogP contribution is -2.34. The largest absolute Gasteiger partial charge is 0.314 e. The molecule has 2 aliphatic carbocycles. The van der Waals surface area contributed by atoms with E-state index < -0.39 is 0 Å². The van der Waals surface area contributed by atoms with Gasteiger partial charge in [-0.2, -0.15) is 5.10 Å². The first-order chi connectivity index (χ1) is 9.20. The van der Waals surface area contributed by atoms with Gasteiger partial charge in [0.2, 0.25) is 0 Å². The fourth-order valence-electron chi connectivity index (χ4n) is 3.53. The summed E-state index contributed by atoms with van der Waals surface area (Å²) in [6, 6.07) is 3.03. The SMILES string of the molecule is CC1CCC(CNC2CC2)C(Cc2ccn(C)n2)C1. The van der Waals surface area contributed by atoms with Crippen molar-refractivity contribution in [1.29, 1.82) is 0 Å². The maximum absolute atomic E-state index is 4.57. The number of rotatable bonds is 5. The van der Waals surface area contributed by atoms with Crippen LogP contribution in [0.2, 0.25) is 0 Å². The minimum absolute atomic E-state index is 0.824. The Labute approximate surface area is 116 Å². The van der Waals surface area contributed by atoms with Gasteiger partial charge in [-0.05, 0) is 62.5 Å². The van der Waals surface area contributed by atoms with Crippen LogP contribution in [0.4, 0.5) is 0 Å². The van der Waals surface area contributed by atoms with Gasteiger partial charge in [0.15, 0.2) is 0 Å². The van der Waals surface area contributed by atoms with Crippen LogP contribution in [0, 0.1) is 17.8 Å². The predicted octanol–water partition coefficient (Wildman–Crippen LogP) is 2.77. The summed E-state index contributed by atoms with van der Waals surface area (Å²) in [6.07, 6.45) is 10.2. The van der Waals surface area contributed by atoms with E-state index in [1.807, 2.05) is 11.7 Å². The Kier molecular flexibility index (Phi) is 3.92. The van der Waals surface area contributed by atoms with Crippen LogP contribution in [0.1, 0.15) is 44.7 Å². The molecule has 3 heteroatoms. The molecule has 0 aliphatic heterocycles. The third-order valence-electron chi connectivity index (χ3n) is 4.89. The van der Waals surface area contributed by atoms with E-state index in [1.54, 1.807) is 0 Å². The molecule has 1 aromatic rings. The van der Waals surface area contributed by atoms with Gasteiger partial charge in [0.25, 0.3) is 0 Å². The van der Waals surface area contributed by atoms with Crippen molar-refractivity contribution in [3.63, 3.8) is 0 Å². The van der Waals surface area contributed by atoms with Crippen molar-refractivity contribution in [2.75, 3.05) is 6.54 Å². The van der Waals surface area contributed by atoms with Gasteiger partial charge in [-0.3, -0.25) is 4.68 Å². The standard InChI is InChI=1S/C16H27N3/c1-12-3-4-13(11-17-15-5-6-15)14(9-12)10-16-7-8-19(2)18-16/h7-8,12-15,17H,3-6,9-11H2,1-2H3. The van der Waals surface area contributed by atoms with Crippen LogP contribution < -0.4 is 5.32 Å². The molecule has 1 heterocycles. The van der Waals surface area contributed by atoms with Gasteiger partial charge in [-0.25, -0.2) is 0 Å². The lowest BCUT2D eigenvalue weighted by Gasteiger charge is -2.35. The van der Waals surface area contributed by atoms with Gasteiger partial charge in [-0.15, -0.1) is 0 Å². The molecule has 0 aromatic carbocycles. The second kappa shape index (κ2) is 5.66. The van der Waals surface area contributed by atoms with Crippen LogP contribution in [0.15, 0.2) is 12.3 Å². The smallest absolute Gasteiger partial charge is 0.0627 e. The van der Waals surface area contributed by atoms with Crippen molar-refractivity contribution in [2.24, 2.45) is 24.8 Å². The average molecular weight is 261 g/mol. The first-order valence-corrected chi connectivity index (χ1v) is 7.92. The van der Waals surface area contributed by atoms with E-state index in [4.69, 9.17) is 0 Å². The van der Waals surface area contributed by atoms with Crippen LogP contribution in [0.25, 0.3) is 0 Å². The quantitative estimate of drug-likeness (QED) is 0.883. The minimum Gasteiger partial charge on any atom is -0.314 e. The van der Waals surface area contributed by atoms with E-state index >= 15 is 0 Å². The normalized spacial score (nSPS) is 31.6. The third kappa shape index (κ3) is 3.59. The molecule has 0 saturated heterocycles. The number of aromatic nitrogens is 2. The highest BCUT2D eigenvalue weighted by Gasteiger charge is 2.30. The van der Waals surface area contributed by atoms with Crippen LogP contribution in [-0.4, -0.2) is 22.4 Å². The zero-order chi connectivity index (χ0) is 13.2.